The van der Waals surface area contributed by atoms with Crippen molar-refractivity contribution in [1.82, 2.24) is 5.32 Å². The van der Waals surface area contributed by atoms with Crippen molar-refractivity contribution in [2.24, 2.45) is 5.92 Å². The van der Waals surface area contributed by atoms with Gasteiger partial charge in [-0.15, -0.1) is 0 Å². The SMILES string of the molecule is C=CCOC(=O)N[C@H]1C=C[C@@H](CC)C=C1S(=O)(=O)c1ccccc1. The summed E-state index contributed by atoms with van der Waals surface area (Å²) in [5.41, 5.74) is 0. The van der Waals surface area contributed by atoms with Gasteiger partial charge in [-0.05, 0) is 24.5 Å². The van der Waals surface area contributed by atoms with E-state index in [0.29, 0.717) is 0 Å². The molecule has 2 rings (SSSR count). The molecule has 0 heterocycles. The van der Waals surface area contributed by atoms with Crippen LogP contribution in [0.25, 0.3) is 0 Å². The third-order valence-corrected chi connectivity index (χ3v) is 5.58. The van der Waals surface area contributed by atoms with E-state index in [4.69, 9.17) is 4.74 Å². The summed E-state index contributed by atoms with van der Waals surface area (Å²) in [4.78, 5) is 12.2. The Morgan fingerprint density at radius 3 is 2.62 bits per heavy atom. The molecule has 0 fully saturated rings. The fraction of sp³-hybridized carbons (Fsp3) is 0.278. The Kier molecular flexibility index (Phi) is 5.98. The second-order valence-corrected chi connectivity index (χ2v) is 7.30. The van der Waals surface area contributed by atoms with Gasteiger partial charge in [0.05, 0.1) is 15.8 Å². The minimum Gasteiger partial charge on any atom is -0.445 e. The predicted molar refractivity (Wildman–Crippen MR) is 93.1 cm³/mol. The second kappa shape index (κ2) is 7.97. The number of benzene rings is 1. The molecular formula is C18H21NO4S. The van der Waals surface area contributed by atoms with E-state index in [0.717, 1.165) is 6.42 Å². The molecule has 0 aromatic heterocycles. The van der Waals surface area contributed by atoms with Crippen LogP contribution in [-0.4, -0.2) is 27.2 Å². The van der Waals surface area contributed by atoms with Crippen molar-refractivity contribution in [2.75, 3.05) is 6.61 Å². The summed E-state index contributed by atoms with van der Waals surface area (Å²) >= 11 is 0. The van der Waals surface area contributed by atoms with Crippen LogP contribution in [0, 0.1) is 5.92 Å². The molecule has 1 amide bonds. The van der Waals surface area contributed by atoms with Crippen LogP contribution < -0.4 is 5.32 Å². The summed E-state index contributed by atoms with van der Waals surface area (Å²) in [5, 5.41) is 2.58. The van der Waals surface area contributed by atoms with E-state index >= 15 is 0 Å². The highest BCUT2D eigenvalue weighted by molar-refractivity contribution is 7.95. The molecule has 1 aromatic carbocycles. The van der Waals surface area contributed by atoms with E-state index in [9.17, 15) is 13.2 Å². The molecule has 1 aromatic rings. The van der Waals surface area contributed by atoms with Gasteiger partial charge >= 0.3 is 6.09 Å². The fourth-order valence-corrected chi connectivity index (χ4v) is 4.00. The van der Waals surface area contributed by atoms with Crippen LogP contribution >= 0.6 is 0 Å². The van der Waals surface area contributed by atoms with Crippen molar-refractivity contribution in [3.8, 4) is 0 Å². The molecule has 0 saturated carbocycles. The molecule has 1 aliphatic rings. The average molecular weight is 347 g/mol. The van der Waals surface area contributed by atoms with E-state index < -0.39 is 22.0 Å². The fourth-order valence-electron chi connectivity index (χ4n) is 2.39. The van der Waals surface area contributed by atoms with E-state index in [2.05, 4.69) is 11.9 Å². The molecule has 6 heteroatoms. The van der Waals surface area contributed by atoms with Crippen LogP contribution in [0.15, 0.2) is 71.0 Å². The molecule has 1 N–H and O–H groups in total. The number of carbonyl (C=O) groups excluding carboxylic acids is 1. The van der Waals surface area contributed by atoms with Crippen LogP contribution in [0.5, 0.6) is 0 Å². The molecule has 0 unspecified atom stereocenters. The van der Waals surface area contributed by atoms with Crippen molar-refractivity contribution in [2.45, 2.75) is 24.3 Å². The van der Waals surface area contributed by atoms with Crippen molar-refractivity contribution in [1.29, 1.82) is 0 Å². The summed E-state index contributed by atoms with van der Waals surface area (Å²) in [6.45, 7) is 5.50. The lowest BCUT2D eigenvalue weighted by Crippen LogP contribution is -2.39. The minimum absolute atomic E-state index is 0.0146. The first-order valence-electron chi connectivity index (χ1n) is 7.73. The number of nitrogens with one attached hydrogen (secondary N) is 1. The average Bonchev–Trinajstić information content (AvgIpc) is 2.61. The molecule has 0 aliphatic heterocycles. The molecule has 128 valence electrons. The highest BCUT2D eigenvalue weighted by Gasteiger charge is 2.30. The summed E-state index contributed by atoms with van der Waals surface area (Å²) in [6, 6.07) is 7.43. The number of hydrogen-bond donors (Lipinski definition) is 1. The molecule has 0 radical (unpaired) electrons. The zero-order valence-electron chi connectivity index (χ0n) is 13.5. The Labute approximate surface area is 142 Å². The van der Waals surface area contributed by atoms with Crippen LogP contribution in [-0.2, 0) is 14.6 Å². The van der Waals surface area contributed by atoms with Crippen molar-refractivity contribution < 1.29 is 17.9 Å². The lowest BCUT2D eigenvalue weighted by molar-refractivity contribution is 0.157. The smallest absolute Gasteiger partial charge is 0.408 e. The molecule has 0 bridgehead atoms. The van der Waals surface area contributed by atoms with E-state index in [1.165, 1.54) is 6.08 Å². The largest absolute Gasteiger partial charge is 0.445 e. The zero-order valence-corrected chi connectivity index (χ0v) is 14.3. The van der Waals surface area contributed by atoms with Crippen LogP contribution in [0.4, 0.5) is 4.79 Å². The first-order valence-corrected chi connectivity index (χ1v) is 9.21. The standard InChI is InChI=1S/C18H21NO4S/c1-3-12-23-18(20)19-16-11-10-14(4-2)13-17(16)24(21,22)15-8-6-5-7-9-15/h3,5-11,13-14,16H,1,4,12H2,2H3,(H,19,20)/t14-,16+/m1/s1. The van der Waals surface area contributed by atoms with Gasteiger partial charge < -0.3 is 10.1 Å². The van der Waals surface area contributed by atoms with Crippen LogP contribution in [0.3, 0.4) is 0 Å². The second-order valence-electron chi connectivity index (χ2n) is 5.35. The van der Waals surface area contributed by atoms with Gasteiger partial charge in [-0.2, -0.15) is 0 Å². The third-order valence-electron chi connectivity index (χ3n) is 3.68. The topological polar surface area (TPSA) is 72.5 Å². The Balaban J connectivity index is 2.32. The number of ether oxygens (including phenoxy) is 1. The van der Waals surface area contributed by atoms with Gasteiger partial charge in [0, 0.05) is 0 Å². The van der Waals surface area contributed by atoms with Gasteiger partial charge in [-0.25, -0.2) is 13.2 Å². The first-order chi connectivity index (χ1) is 11.5. The van der Waals surface area contributed by atoms with Crippen LogP contribution in [0.2, 0.25) is 0 Å². The summed E-state index contributed by atoms with van der Waals surface area (Å²) < 4.78 is 30.8. The Bertz CT molecular complexity index is 750. The molecule has 5 nitrogen and oxygen atoms in total. The highest BCUT2D eigenvalue weighted by atomic mass is 32.2. The highest BCUT2D eigenvalue weighted by Crippen LogP contribution is 2.28. The van der Waals surface area contributed by atoms with E-state index in [1.807, 2.05) is 13.0 Å². The number of sulfone groups is 1. The maximum absolute atomic E-state index is 12.9. The first kappa shape index (κ1) is 18.0. The van der Waals surface area contributed by atoms with Crippen molar-refractivity contribution in [3.05, 3.63) is 66.1 Å². The lowest BCUT2D eigenvalue weighted by atomic mass is 9.98. The summed E-state index contributed by atoms with van der Waals surface area (Å²) in [5.74, 6) is 0.0146. The number of rotatable bonds is 6. The van der Waals surface area contributed by atoms with Gasteiger partial charge in [0.2, 0.25) is 9.84 Å². The van der Waals surface area contributed by atoms with Gasteiger partial charge in [0.25, 0.3) is 0 Å². The van der Waals surface area contributed by atoms with Gasteiger partial charge in [0.1, 0.15) is 6.61 Å². The summed E-state index contributed by atoms with van der Waals surface area (Å²) in [7, 11) is -3.70. The Morgan fingerprint density at radius 2 is 2.00 bits per heavy atom. The third kappa shape index (κ3) is 4.14. The summed E-state index contributed by atoms with van der Waals surface area (Å²) in [6.07, 6.45) is 6.81. The Hall–Kier alpha value is -2.34. The molecular weight excluding hydrogens is 326 g/mol. The van der Waals surface area contributed by atoms with Gasteiger partial charge in [-0.3, -0.25) is 0 Å². The normalized spacial score (nSPS) is 20.1. The molecule has 0 spiro atoms. The number of alkyl carbamates (subject to hydrolysis) is 1. The van der Waals surface area contributed by atoms with Crippen molar-refractivity contribution in [3.63, 3.8) is 0 Å². The predicted octanol–water partition coefficient (Wildman–Crippen LogP) is 3.22. The van der Waals surface area contributed by atoms with E-state index in [1.54, 1.807) is 42.5 Å². The molecule has 1 aliphatic carbocycles. The van der Waals surface area contributed by atoms with Crippen molar-refractivity contribution >= 4 is 15.9 Å². The number of amides is 1. The van der Waals surface area contributed by atoms with Gasteiger partial charge in [-0.1, -0.05) is 56.0 Å². The monoisotopic (exact) mass is 347 g/mol. The maximum atomic E-state index is 12.9. The molecule has 2 atom stereocenters. The number of allylic oxidation sites excluding steroid dienone is 2. The maximum Gasteiger partial charge on any atom is 0.408 e. The number of carbonyl (C=O) groups is 1. The lowest BCUT2D eigenvalue weighted by Gasteiger charge is -2.24. The molecule has 24 heavy (non-hydrogen) atoms. The number of hydrogen-bond acceptors (Lipinski definition) is 4. The Morgan fingerprint density at radius 1 is 1.29 bits per heavy atom. The van der Waals surface area contributed by atoms with Crippen LogP contribution in [0.1, 0.15) is 13.3 Å². The minimum atomic E-state index is -3.70. The zero-order chi connectivity index (χ0) is 17.6. The quantitative estimate of drug-likeness (QED) is 0.802. The molecule has 0 saturated heterocycles. The van der Waals surface area contributed by atoms with E-state index in [-0.39, 0.29) is 22.3 Å². The van der Waals surface area contributed by atoms with Gasteiger partial charge in [0.15, 0.2) is 0 Å².